The van der Waals surface area contributed by atoms with E-state index in [2.05, 4.69) is 15.6 Å². The van der Waals surface area contributed by atoms with E-state index in [0.717, 1.165) is 5.48 Å². The third-order valence-corrected chi connectivity index (χ3v) is 7.77. The summed E-state index contributed by atoms with van der Waals surface area (Å²) in [5.41, 5.74) is 4.64. The fraction of sp³-hybridized carbons (Fsp3) is 0.250. The van der Waals surface area contributed by atoms with Crippen molar-refractivity contribution >= 4 is 52.5 Å². The van der Waals surface area contributed by atoms with Crippen molar-refractivity contribution < 1.29 is 29.5 Å². The minimum Gasteiger partial charge on any atom is -0.496 e. The number of aryl methyl sites for hydroxylation is 1. The predicted octanol–water partition coefficient (Wildman–Crippen LogP) is 3.72. The van der Waals surface area contributed by atoms with Gasteiger partial charge in [-0.3, -0.25) is 14.6 Å². The topological polar surface area (TPSA) is 192 Å². The van der Waals surface area contributed by atoms with E-state index in [1.54, 1.807) is 61.4 Å². The molecule has 1 saturated heterocycles. The Balaban J connectivity index is 0.00000245. The Hall–Kier alpha value is -5.15. The van der Waals surface area contributed by atoms with Gasteiger partial charge in [0.2, 0.25) is 0 Å². The van der Waals surface area contributed by atoms with E-state index in [1.165, 1.54) is 11.3 Å². The number of benzene rings is 3. The number of nitrogens with one attached hydrogen (secondary N) is 1. The van der Waals surface area contributed by atoms with Crippen molar-refractivity contribution in [2.45, 2.75) is 20.8 Å². The quantitative estimate of drug-likeness (QED) is 0.0579. The number of para-hydroxylation sites is 1. The molecule has 0 saturated carbocycles. The summed E-state index contributed by atoms with van der Waals surface area (Å²) >= 11 is 6.62. The Bertz CT molecular complexity index is 1720. The van der Waals surface area contributed by atoms with Crippen molar-refractivity contribution in [3.8, 4) is 17.0 Å². The standard InChI is InChI=1S/C30H32ClN9O5.C2H6/c1-18-27(28(37-45-18)21-5-3-4-6-26(21)44-2)30(42)39-13-11-38(12-14-39)25-16-23(24(36-43)15-22(25)31)35-29(41)19-7-9-20(10-8-19)40(33)17-34-32;1-2/h3-10,15-17,36,43H,11-14,32-33H2,1-2H3,(H,35,41);1-2H3/p+1/b34-17-;. The smallest absolute Gasteiger partial charge is 0.259 e. The summed E-state index contributed by atoms with van der Waals surface area (Å²) in [5.74, 6) is 11.4. The van der Waals surface area contributed by atoms with Gasteiger partial charge < -0.3 is 30.2 Å². The van der Waals surface area contributed by atoms with E-state index in [9.17, 15) is 14.8 Å². The normalized spacial score (nSPS) is 12.8. The number of nitrogens with two attached hydrogens (primary N) is 3. The molecule has 4 aromatic rings. The van der Waals surface area contributed by atoms with Crippen LogP contribution in [0.25, 0.3) is 11.3 Å². The zero-order valence-electron chi connectivity index (χ0n) is 26.6. The Morgan fingerprint density at radius 3 is 2.45 bits per heavy atom. The van der Waals surface area contributed by atoms with Crippen LogP contribution in [-0.2, 0) is 0 Å². The number of ether oxygens (including phenoxy) is 1. The van der Waals surface area contributed by atoms with E-state index in [0.29, 0.717) is 87.8 Å². The van der Waals surface area contributed by atoms with Crippen molar-refractivity contribution in [1.29, 1.82) is 0 Å². The fourth-order valence-corrected chi connectivity index (χ4v) is 5.40. The largest absolute Gasteiger partial charge is 0.496 e. The maximum Gasteiger partial charge on any atom is 0.259 e. The van der Waals surface area contributed by atoms with Crippen LogP contribution < -0.4 is 37.1 Å². The summed E-state index contributed by atoms with van der Waals surface area (Å²) in [5, 5.41) is 21.8. The summed E-state index contributed by atoms with van der Waals surface area (Å²) in [7, 11) is 1.56. The molecule has 0 spiro atoms. The van der Waals surface area contributed by atoms with E-state index in [-0.39, 0.29) is 5.91 Å². The molecule has 0 aliphatic carbocycles. The molecule has 248 valence electrons. The van der Waals surface area contributed by atoms with Gasteiger partial charge in [0.05, 0.1) is 23.5 Å². The van der Waals surface area contributed by atoms with Crippen LogP contribution in [0.5, 0.6) is 5.75 Å². The Morgan fingerprint density at radius 1 is 1.13 bits per heavy atom. The first-order chi connectivity index (χ1) is 22.7. The molecule has 1 aliphatic heterocycles. The number of hydrazone groups is 1. The Labute approximate surface area is 277 Å². The SMILES string of the molecule is CC.COc1ccccc1-c1noc(C)c1C(=O)N1CCN(c2cc(NC(=O)c3ccc(N(N)/C=N\N)cc3)c([NH2+]O)cc2Cl)CC1. The first-order valence-corrected chi connectivity index (χ1v) is 15.3. The molecule has 0 atom stereocenters. The van der Waals surface area contributed by atoms with Gasteiger partial charge in [-0.2, -0.15) is 10.6 Å². The lowest BCUT2D eigenvalue weighted by Crippen LogP contribution is -2.74. The number of hydrazine groups is 1. The lowest BCUT2D eigenvalue weighted by Gasteiger charge is -2.36. The number of carbonyl (C=O) groups is 2. The molecule has 0 radical (unpaired) electrons. The molecule has 2 heterocycles. The number of hydrogen-bond acceptors (Lipinski definition) is 10. The molecule has 1 fully saturated rings. The number of rotatable bonds is 9. The second-order valence-electron chi connectivity index (χ2n) is 10.1. The molecule has 2 amide bonds. The zero-order valence-corrected chi connectivity index (χ0v) is 27.4. The highest BCUT2D eigenvalue weighted by atomic mass is 35.5. The van der Waals surface area contributed by atoms with Crippen molar-refractivity contribution in [2.75, 3.05) is 48.5 Å². The van der Waals surface area contributed by atoms with Gasteiger partial charge in [-0.25, -0.2) is 11.0 Å². The van der Waals surface area contributed by atoms with E-state index < -0.39 is 5.91 Å². The van der Waals surface area contributed by atoms with Gasteiger partial charge in [0.15, 0.2) is 5.69 Å². The van der Waals surface area contributed by atoms with Crippen LogP contribution in [0.2, 0.25) is 5.02 Å². The highest BCUT2D eigenvalue weighted by Crippen LogP contribution is 2.36. The highest BCUT2D eigenvalue weighted by Gasteiger charge is 2.30. The Kier molecular flexibility index (Phi) is 11.8. The average Bonchev–Trinajstić information content (AvgIpc) is 3.50. The number of anilines is 3. The lowest BCUT2D eigenvalue weighted by atomic mass is 10.0. The molecule has 1 aliphatic rings. The summed E-state index contributed by atoms with van der Waals surface area (Å²) in [6, 6.07) is 17.1. The van der Waals surface area contributed by atoms with Crippen LogP contribution in [-0.4, -0.2) is 66.7 Å². The van der Waals surface area contributed by atoms with Crippen molar-refractivity contribution in [2.24, 2.45) is 16.8 Å². The summed E-state index contributed by atoms with van der Waals surface area (Å²) in [6.45, 7) is 7.46. The van der Waals surface area contributed by atoms with Gasteiger partial charge in [0, 0.05) is 43.4 Å². The first-order valence-electron chi connectivity index (χ1n) is 14.9. The van der Waals surface area contributed by atoms with Crippen molar-refractivity contribution in [1.82, 2.24) is 10.1 Å². The molecule has 5 rings (SSSR count). The van der Waals surface area contributed by atoms with Crippen LogP contribution >= 0.6 is 11.6 Å². The number of methoxy groups -OCH3 is 1. The minimum absolute atomic E-state index is 0.197. The number of carbonyl (C=O) groups excluding carboxylic acids is 2. The lowest BCUT2D eigenvalue weighted by molar-refractivity contribution is -0.825. The molecular formula is C32H39ClN9O5+. The van der Waals surface area contributed by atoms with E-state index in [1.807, 2.05) is 36.9 Å². The molecular weight excluding hydrogens is 626 g/mol. The van der Waals surface area contributed by atoms with Crippen molar-refractivity contribution in [3.63, 3.8) is 0 Å². The van der Waals surface area contributed by atoms with Gasteiger partial charge >= 0.3 is 0 Å². The second kappa shape index (κ2) is 15.9. The molecule has 0 unspecified atom stereocenters. The summed E-state index contributed by atoms with van der Waals surface area (Å²) in [6.07, 6.45) is 1.23. The van der Waals surface area contributed by atoms with Crippen LogP contribution in [0.1, 0.15) is 40.3 Å². The number of hydrogen-bond donors (Lipinski definition) is 5. The number of amides is 2. The third kappa shape index (κ3) is 7.64. The number of aromatic nitrogens is 1. The molecule has 8 N–H and O–H groups in total. The predicted molar refractivity (Wildman–Crippen MR) is 181 cm³/mol. The van der Waals surface area contributed by atoms with Crippen LogP contribution in [0.3, 0.4) is 0 Å². The number of nitrogens with zero attached hydrogens (tertiary/aromatic N) is 5. The van der Waals surface area contributed by atoms with E-state index >= 15 is 0 Å². The van der Waals surface area contributed by atoms with Gasteiger partial charge in [0.1, 0.15) is 34.8 Å². The summed E-state index contributed by atoms with van der Waals surface area (Å²) < 4.78 is 10.9. The molecule has 15 heteroatoms. The van der Waals surface area contributed by atoms with E-state index in [4.69, 9.17) is 32.5 Å². The van der Waals surface area contributed by atoms with Gasteiger partial charge in [-0.15, -0.1) is 0 Å². The van der Waals surface area contributed by atoms with Crippen LogP contribution in [0.15, 0.2) is 70.3 Å². The molecule has 1 aromatic heterocycles. The second-order valence-corrected chi connectivity index (χ2v) is 10.5. The number of halogens is 1. The third-order valence-electron chi connectivity index (χ3n) is 7.47. The fourth-order valence-electron chi connectivity index (χ4n) is 5.11. The minimum atomic E-state index is -0.403. The Morgan fingerprint density at radius 2 is 1.81 bits per heavy atom. The molecule has 14 nitrogen and oxygen atoms in total. The summed E-state index contributed by atoms with van der Waals surface area (Å²) in [4.78, 5) is 30.6. The molecule has 0 bridgehead atoms. The monoisotopic (exact) mass is 664 g/mol. The van der Waals surface area contributed by atoms with Crippen LogP contribution in [0.4, 0.5) is 22.7 Å². The maximum atomic E-state index is 13.7. The molecule has 47 heavy (non-hydrogen) atoms. The first kappa shape index (κ1) is 34.7. The van der Waals surface area contributed by atoms with Crippen LogP contribution in [0, 0.1) is 6.92 Å². The van der Waals surface area contributed by atoms with Gasteiger partial charge in [0.25, 0.3) is 11.8 Å². The van der Waals surface area contributed by atoms with Gasteiger partial charge in [-0.1, -0.05) is 42.7 Å². The maximum absolute atomic E-state index is 13.7. The highest BCUT2D eigenvalue weighted by molar-refractivity contribution is 6.33. The van der Waals surface area contributed by atoms with Gasteiger partial charge in [-0.05, 0) is 49.4 Å². The average molecular weight is 665 g/mol. The molecule has 3 aromatic carbocycles. The number of quaternary nitrogens is 1. The van der Waals surface area contributed by atoms with Crippen molar-refractivity contribution in [3.05, 3.63) is 82.6 Å². The zero-order chi connectivity index (χ0) is 34.1. The number of piperazine rings is 1.